The molecule has 1 atom stereocenters. The second-order valence-corrected chi connectivity index (χ2v) is 6.07. The summed E-state index contributed by atoms with van der Waals surface area (Å²) in [6, 6.07) is 5.40. The zero-order valence-electron chi connectivity index (χ0n) is 10.8. The zero-order chi connectivity index (χ0) is 12.5. The highest BCUT2D eigenvalue weighted by Gasteiger charge is 2.40. The third-order valence-corrected chi connectivity index (χ3v) is 3.54. The minimum absolute atomic E-state index is 0.0641. The molecular formula is C14H20N2O. The first-order valence-electron chi connectivity index (χ1n) is 6.14. The predicted octanol–water partition coefficient (Wildman–Crippen LogP) is 2.78. The van der Waals surface area contributed by atoms with Crippen LogP contribution in [0.4, 0.5) is 0 Å². The van der Waals surface area contributed by atoms with Gasteiger partial charge in [0, 0.05) is 11.7 Å². The van der Waals surface area contributed by atoms with E-state index in [0.717, 1.165) is 19.3 Å². The molecule has 1 aromatic rings. The molecule has 1 aromatic heterocycles. The van der Waals surface area contributed by atoms with Gasteiger partial charge < -0.3 is 5.32 Å². The molecule has 1 fully saturated rings. The van der Waals surface area contributed by atoms with Crippen molar-refractivity contribution in [3.63, 3.8) is 0 Å². The lowest BCUT2D eigenvalue weighted by molar-refractivity contribution is 0.0898. The third-order valence-electron chi connectivity index (χ3n) is 3.54. The number of aromatic nitrogens is 1. The number of carbonyl (C=O) groups is 1. The van der Waals surface area contributed by atoms with E-state index in [0.29, 0.717) is 11.1 Å². The van der Waals surface area contributed by atoms with Crippen LogP contribution in [0.2, 0.25) is 0 Å². The van der Waals surface area contributed by atoms with E-state index in [2.05, 4.69) is 31.1 Å². The number of hydrogen-bond acceptors (Lipinski definition) is 2. The molecule has 2 rings (SSSR count). The summed E-state index contributed by atoms with van der Waals surface area (Å²) in [4.78, 5) is 16.1. The lowest BCUT2D eigenvalue weighted by atomic mass is 9.88. The normalized spacial score (nSPS) is 26.8. The molecule has 3 heteroatoms. The van der Waals surface area contributed by atoms with Crippen molar-refractivity contribution in [1.82, 2.24) is 10.3 Å². The summed E-state index contributed by atoms with van der Waals surface area (Å²) in [5, 5.41) is 3.13. The van der Waals surface area contributed by atoms with Crippen molar-refractivity contribution in [3.05, 3.63) is 30.1 Å². The van der Waals surface area contributed by atoms with Crippen LogP contribution >= 0.6 is 0 Å². The van der Waals surface area contributed by atoms with Crippen molar-refractivity contribution in [2.45, 2.75) is 45.6 Å². The molecule has 1 saturated carbocycles. The SMILES string of the molecule is CC1(C)CCC(C)(NC(=O)c2ccccn2)C1. The molecule has 0 radical (unpaired) electrons. The van der Waals surface area contributed by atoms with Crippen LogP contribution in [0.5, 0.6) is 0 Å². The van der Waals surface area contributed by atoms with Crippen molar-refractivity contribution in [2.24, 2.45) is 5.41 Å². The molecule has 1 unspecified atom stereocenters. The second kappa shape index (κ2) is 4.13. The molecule has 0 aromatic carbocycles. The average Bonchev–Trinajstić information content (AvgIpc) is 2.54. The van der Waals surface area contributed by atoms with E-state index in [-0.39, 0.29) is 11.4 Å². The van der Waals surface area contributed by atoms with E-state index in [1.54, 1.807) is 12.3 Å². The van der Waals surface area contributed by atoms with E-state index in [9.17, 15) is 4.79 Å². The fourth-order valence-corrected chi connectivity index (χ4v) is 2.79. The van der Waals surface area contributed by atoms with E-state index in [4.69, 9.17) is 0 Å². The molecule has 92 valence electrons. The molecule has 0 aliphatic heterocycles. The highest BCUT2D eigenvalue weighted by molar-refractivity contribution is 5.92. The third kappa shape index (κ3) is 2.84. The standard InChI is InChI=1S/C14H20N2O/c1-13(2)7-8-14(3,10-13)16-12(17)11-6-4-5-9-15-11/h4-6,9H,7-8,10H2,1-3H3,(H,16,17). The Morgan fingerprint density at radius 2 is 2.06 bits per heavy atom. The number of nitrogens with zero attached hydrogens (tertiary/aromatic N) is 1. The molecule has 1 aliphatic rings. The summed E-state index contributed by atoms with van der Waals surface area (Å²) in [7, 11) is 0. The van der Waals surface area contributed by atoms with Gasteiger partial charge >= 0.3 is 0 Å². The number of nitrogens with one attached hydrogen (secondary N) is 1. The largest absolute Gasteiger partial charge is 0.346 e. The van der Waals surface area contributed by atoms with E-state index < -0.39 is 0 Å². The fraction of sp³-hybridized carbons (Fsp3) is 0.571. The Balaban J connectivity index is 2.05. The van der Waals surface area contributed by atoms with Crippen LogP contribution in [0.15, 0.2) is 24.4 Å². The minimum atomic E-state index is -0.0852. The molecule has 17 heavy (non-hydrogen) atoms. The van der Waals surface area contributed by atoms with Gasteiger partial charge in [-0.05, 0) is 43.7 Å². The maximum absolute atomic E-state index is 12.0. The molecule has 1 N–H and O–H groups in total. The second-order valence-electron chi connectivity index (χ2n) is 6.07. The Morgan fingerprint density at radius 3 is 2.59 bits per heavy atom. The summed E-state index contributed by atoms with van der Waals surface area (Å²) in [5.41, 5.74) is 0.739. The Labute approximate surface area is 103 Å². The first kappa shape index (κ1) is 12.1. The highest BCUT2D eigenvalue weighted by Crippen LogP contribution is 2.43. The lowest BCUT2D eigenvalue weighted by Gasteiger charge is -2.27. The molecule has 1 aliphatic carbocycles. The van der Waals surface area contributed by atoms with Gasteiger partial charge in [0.05, 0.1) is 0 Å². The molecule has 3 nitrogen and oxygen atoms in total. The number of amides is 1. The highest BCUT2D eigenvalue weighted by atomic mass is 16.2. The van der Waals surface area contributed by atoms with Crippen molar-refractivity contribution < 1.29 is 4.79 Å². The van der Waals surface area contributed by atoms with Crippen molar-refractivity contribution >= 4 is 5.91 Å². The van der Waals surface area contributed by atoms with Crippen LogP contribution in [-0.2, 0) is 0 Å². The molecule has 0 bridgehead atoms. The summed E-state index contributed by atoms with van der Waals surface area (Å²) in [6.45, 7) is 6.64. The summed E-state index contributed by atoms with van der Waals surface area (Å²) >= 11 is 0. The lowest BCUT2D eigenvalue weighted by Crippen LogP contribution is -2.44. The topological polar surface area (TPSA) is 42.0 Å². The van der Waals surface area contributed by atoms with E-state index in [1.807, 2.05) is 12.1 Å². The summed E-state index contributed by atoms with van der Waals surface area (Å²) in [5.74, 6) is -0.0641. The quantitative estimate of drug-likeness (QED) is 0.852. The molecule has 1 amide bonds. The van der Waals surface area contributed by atoms with Crippen LogP contribution < -0.4 is 5.32 Å². The van der Waals surface area contributed by atoms with Crippen LogP contribution in [-0.4, -0.2) is 16.4 Å². The van der Waals surface area contributed by atoms with Gasteiger partial charge in [-0.15, -0.1) is 0 Å². The number of hydrogen-bond donors (Lipinski definition) is 1. The Bertz CT molecular complexity index is 413. The maximum atomic E-state index is 12.0. The van der Waals surface area contributed by atoms with E-state index >= 15 is 0 Å². The van der Waals surface area contributed by atoms with E-state index in [1.165, 1.54) is 0 Å². The van der Waals surface area contributed by atoms with Crippen LogP contribution in [0, 0.1) is 5.41 Å². The van der Waals surface area contributed by atoms with Gasteiger partial charge in [-0.3, -0.25) is 9.78 Å². The maximum Gasteiger partial charge on any atom is 0.270 e. The van der Waals surface area contributed by atoms with Gasteiger partial charge in [0.25, 0.3) is 5.91 Å². The number of rotatable bonds is 2. The van der Waals surface area contributed by atoms with Crippen molar-refractivity contribution in [2.75, 3.05) is 0 Å². The van der Waals surface area contributed by atoms with Crippen LogP contribution in [0.25, 0.3) is 0 Å². The van der Waals surface area contributed by atoms with Crippen LogP contribution in [0.1, 0.15) is 50.5 Å². The first-order chi connectivity index (χ1) is 7.90. The van der Waals surface area contributed by atoms with Gasteiger partial charge in [0.15, 0.2) is 0 Å². The fourth-order valence-electron chi connectivity index (χ4n) is 2.79. The first-order valence-corrected chi connectivity index (χ1v) is 6.14. The molecular weight excluding hydrogens is 212 g/mol. The Kier molecular flexibility index (Phi) is 2.94. The smallest absolute Gasteiger partial charge is 0.270 e. The molecule has 0 saturated heterocycles. The zero-order valence-corrected chi connectivity index (χ0v) is 10.8. The van der Waals surface area contributed by atoms with Gasteiger partial charge in [-0.2, -0.15) is 0 Å². The molecule has 1 heterocycles. The number of pyridine rings is 1. The van der Waals surface area contributed by atoms with Gasteiger partial charge in [-0.1, -0.05) is 19.9 Å². The number of carbonyl (C=O) groups excluding carboxylic acids is 1. The molecule has 0 spiro atoms. The summed E-state index contributed by atoms with van der Waals surface area (Å²) < 4.78 is 0. The Hall–Kier alpha value is -1.38. The summed E-state index contributed by atoms with van der Waals surface area (Å²) in [6.07, 6.45) is 4.87. The van der Waals surface area contributed by atoms with Gasteiger partial charge in [-0.25, -0.2) is 0 Å². The Morgan fingerprint density at radius 1 is 1.29 bits per heavy atom. The van der Waals surface area contributed by atoms with Gasteiger partial charge in [0.1, 0.15) is 5.69 Å². The predicted molar refractivity (Wildman–Crippen MR) is 67.7 cm³/mol. The minimum Gasteiger partial charge on any atom is -0.346 e. The van der Waals surface area contributed by atoms with Crippen molar-refractivity contribution in [3.8, 4) is 0 Å². The van der Waals surface area contributed by atoms with Gasteiger partial charge in [0.2, 0.25) is 0 Å². The average molecular weight is 232 g/mol. The van der Waals surface area contributed by atoms with Crippen molar-refractivity contribution in [1.29, 1.82) is 0 Å². The van der Waals surface area contributed by atoms with Crippen LogP contribution in [0.3, 0.4) is 0 Å². The monoisotopic (exact) mass is 232 g/mol.